The molecule has 3 aromatic rings. The van der Waals surface area contributed by atoms with Gasteiger partial charge in [-0.25, -0.2) is 0 Å². The first-order valence-corrected chi connectivity index (χ1v) is 10.7. The van der Waals surface area contributed by atoms with Crippen molar-refractivity contribution in [3.63, 3.8) is 0 Å². The van der Waals surface area contributed by atoms with Gasteiger partial charge in [0.2, 0.25) is 0 Å². The minimum atomic E-state index is -1.07. The number of ether oxygens (including phenoxy) is 1. The van der Waals surface area contributed by atoms with E-state index >= 15 is 0 Å². The Labute approximate surface area is 178 Å². The van der Waals surface area contributed by atoms with E-state index in [0.717, 1.165) is 22.6 Å². The summed E-state index contributed by atoms with van der Waals surface area (Å²) in [4.78, 5) is 29.4. The Kier molecular flexibility index (Phi) is 4.55. The molecule has 1 spiro atoms. The number of carbonyl (C=O) groups excluding carboxylic acids is 2. The number of thioether (sulfide) groups is 1. The van der Waals surface area contributed by atoms with Gasteiger partial charge in [0.15, 0.2) is 10.6 Å². The predicted molar refractivity (Wildman–Crippen MR) is 115 cm³/mol. The molecule has 2 aliphatic heterocycles. The van der Waals surface area contributed by atoms with Gasteiger partial charge in [-0.1, -0.05) is 30.3 Å². The molecule has 5 rings (SSSR count). The maximum atomic E-state index is 13.9. The third-order valence-electron chi connectivity index (χ3n) is 5.55. The molecule has 152 valence electrons. The van der Waals surface area contributed by atoms with Gasteiger partial charge in [-0.05, 0) is 35.9 Å². The molecule has 2 amide bonds. The zero-order valence-corrected chi connectivity index (χ0v) is 17.2. The molecular formula is C23H20N2O4S. The van der Waals surface area contributed by atoms with E-state index in [1.165, 1.54) is 18.0 Å². The number of amides is 2. The van der Waals surface area contributed by atoms with Crippen molar-refractivity contribution in [1.82, 2.24) is 4.90 Å². The van der Waals surface area contributed by atoms with Crippen molar-refractivity contribution in [2.24, 2.45) is 0 Å². The van der Waals surface area contributed by atoms with Crippen LogP contribution < -0.4 is 9.64 Å². The van der Waals surface area contributed by atoms with Crippen molar-refractivity contribution in [3.8, 4) is 5.75 Å². The van der Waals surface area contributed by atoms with Gasteiger partial charge in [-0.3, -0.25) is 9.59 Å². The molecular weight excluding hydrogens is 400 g/mol. The summed E-state index contributed by atoms with van der Waals surface area (Å²) in [7, 11) is 1.62. The quantitative estimate of drug-likeness (QED) is 0.641. The van der Waals surface area contributed by atoms with Crippen LogP contribution in [0.1, 0.15) is 21.7 Å². The minimum Gasteiger partial charge on any atom is -0.497 e. The van der Waals surface area contributed by atoms with Gasteiger partial charge in [0.1, 0.15) is 5.75 Å². The Morgan fingerprint density at radius 1 is 1.17 bits per heavy atom. The average Bonchev–Trinajstić information content (AvgIpc) is 3.51. The molecule has 1 unspecified atom stereocenters. The second-order valence-electron chi connectivity index (χ2n) is 7.19. The Balaban J connectivity index is 1.57. The summed E-state index contributed by atoms with van der Waals surface area (Å²) in [5, 5.41) is 0. The number of carbonyl (C=O) groups is 2. The molecule has 2 aromatic carbocycles. The molecule has 6 nitrogen and oxygen atoms in total. The summed E-state index contributed by atoms with van der Waals surface area (Å²) in [5.74, 6) is 1.30. The largest absolute Gasteiger partial charge is 0.497 e. The summed E-state index contributed by atoms with van der Waals surface area (Å²) in [6, 6.07) is 18.7. The molecule has 7 heteroatoms. The van der Waals surface area contributed by atoms with Crippen LogP contribution in [0.4, 0.5) is 5.69 Å². The van der Waals surface area contributed by atoms with Crippen molar-refractivity contribution in [2.45, 2.75) is 11.4 Å². The summed E-state index contributed by atoms with van der Waals surface area (Å²) >= 11 is 1.51. The van der Waals surface area contributed by atoms with E-state index in [2.05, 4.69) is 0 Å². The predicted octanol–water partition coefficient (Wildman–Crippen LogP) is 3.88. The van der Waals surface area contributed by atoms with E-state index in [4.69, 9.17) is 9.15 Å². The summed E-state index contributed by atoms with van der Waals surface area (Å²) in [5.41, 5.74) is 2.64. The smallest absolute Gasteiger partial charge is 0.291 e. The molecule has 1 fully saturated rings. The number of benzene rings is 2. The maximum absolute atomic E-state index is 13.9. The van der Waals surface area contributed by atoms with E-state index < -0.39 is 4.87 Å². The average molecular weight is 420 g/mol. The lowest BCUT2D eigenvalue weighted by Crippen LogP contribution is -2.50. The SMILES string of the molecule is COc1cccc(CN2C(=O)C3(SCCN3C(=O)c3ccco3)c3ccccc32)c1. The van der Waals surface area contributed by atoms with Crippen LogP contribution in [-0.2, 0) is 16.2 Å². The molecule has 2 aliphatic rings. The standard InChI is InChI=1S/C23H20N2O4S/c1-28-17-7-4-6-16(14-17)15-24-19-9-3-2-8-18(19)23(22(24)27)25(11-13-30-23)21(26)20-10-5-12-29-20/h2-10,12,14H,11,13,15H2,1H3. The second-order valence-corrected chi connectivity index (χ2v) is 8.47. The molecule has 3 heterocycles. The van der Waals surface area contributed by atoms with Crippen LogP contribution in [0.15, 0.2) is 71.3 Å². The zero-order chi connectivity index (χ0) is 20.7. The lowest BCUT2D eigenvalue weighted by Gasteiger charge is -2.32. The molecule has 1 aromatic heterocycles. The molecule has 0 bridgehead atoms. The topological polar surface area (TPSA) is 63.0 Å². The maximum Gasteiger partial charge on any atom is 0.291 e. The van der Waals surface area contributed by atoms with E-state index in [-0.39, 0.29) is 17.6 Å². The highest BCUT2D eigenvalue weighted by molar-refractivity contribution is 8.01. The third-order valence-corrected chi connectivity index (χ3v) is 6.97. The van der Waals surface area contributed by atoms with Crippen molar-refractivity contribution in [2.75, 3.05) is 24.3 Å². The number of furan rings is 1. The van der Waals surface area contributed by atoms with E-state index in [9.17, 15) is 9.59 Å². The summed E-state index contributed by atoms with van der Waals surface area (Å²) in [6.07, 6.45) is 1.47. The first-order valence-electron chi connectivity index (χ1n) is 9.69. The van der Waals surface area contributed by atoms with Crippen molar-refractivity contribution in [3.05, 3.63) is 83.8 Å². The van der Waals surface area contributed by atoms with Crippen LogP contribution in [0.5, 0.6) is 5.75 Å². The fraction of sp³-hybridized carbons (Fsp3) is 0.217. The van der Waals surface area contributed by atoms with Gasteiger partial charge < -0.3 is 19.0 Å². The third kappa shape index (κ3) is 2.73. The molecule has 0 aliphatic carbocycles. The highest BCUT2D eigenvalue weighted by atomic mass is 32.2. The molecule has 0 N–H and O–H groups in total. The van der Waals surface area contributed by atoms with Crippen LogP contribution in [0.25, 0.3) is 0 Å². The first-order chi connectivity index (χ1) is 14.6. The minimum absolute atomic E-state index is 0.103. The van der Waals surface area contributed by atoms with E-state index in [1.54, 1.807) is 29.0 Å². The van der Waals surface area contributed by atoms with Crippen LogP contribution in [0.3, 0.4) is 0 Å². The van der Waals surface area contributed by atoms with Crippen molar-refractivity contribution >= 4 is 29.3 Å². The highest BCUT2D eigenvalue weighted by Gasteiger charge is 2.59. The normalized spacial score (nSPS) is 20.1. The fourth-order valence-electron chi connectivity index (χ4n) is 4.21. The number of anilines is 1. The van der Waals surface area contributed by atoms with Crippen LogP contribution in [0, 0.1) is 0 Å². The van der Waals surface area contributed by atoms with Crippen LogP contribution in [-0.4, -0.2) is 36.1 Å². The van der Waals surface area contributed by atoms with Gasteiger partial charge in [0, 0.05) is 17.9 Å². The Morgan fingerprint density at radius 2 is 2.03 bits per heavy atom. The van der Waals surface area contributed by atoms with Crippen molar-refractivity contribution < 1.29 is 18.7 Å². The second kappa shape index (κ2) is 7.25. The molecule has 0 radical (unpaired) electrons. The number of rotatable bonds is 4. The van der Waals surface area contributed by atoms with Crippen LogP contribution in [0.2, 0.25) is 0 Å². The Hall–Kier alpha value is -3.19. The monoisotopic (exact) mass is 420 g/mol. The number of para-hydroxylation sites is 1. The highest BCUT2D eigenvalue weighted by Crippen LogP contribution is 2.54. The number of fused-ring (bicyclic) bond motifs is 2. The van der Waals surface area contributed by atoms with Gasteiger partial charge >= 0.3 is 0 Å². The molecule has 0 saturated carbocycles. The van der Waals surface area contributed by atoms with Gasteiger partial charge in [0.05, 0.1) is 25.6 Å². The first kappa shape index (κ1) is 18.8. The summed E-state index contributed by atoms with van der Waals surface area (Å²) < 4.78 is 10.7. The molecule has 1 saturated heterocycles. The lowest BCUT2D eigenvalue weighted by molar-refractivity contribution is -0.123. The van der Waals surface area contributed by atoms with Gasteiger partial charge in [0.25, 0.3) is 11.8 Å². The number of nitrogens with zero attached hydrogens (tertiary/aromatic N) is 2. The van der Waals surface area contributed by atoms with Gasteiger partial charge in [-0.2, -0.15) is 0 Å². The van der Waals surface area contributed by atoms with Gasteiger partial charge in [-0.15, -0.1) is 11.8 Å². The number of methoxy groups -OCH3 is 1. The van der Waals surface area contributed by atoms with E-state index in [0.29, 0.717) is 18.8 Å². The number of hydrogen-bond acceptors (Lipinski definition) is 5. The Morgan fingerprint density at radius 3 is 2.83 bits per heavy atom. The zero-order valence-electron chi connectivity index (χ0n) is 16.4. The Bertz CT molecular complexity index is 1110. The fourth-order valence-corrected chi connectivity index (χ4v) is 5.67. The van der Waals surface area contributed by atoms with Crippen LogP contribution >= 0.6 is 11.8 Å². The summed E-state index contributed by atoms with van der Waals surface area (Å²) in [6.45, 7) is 0.884. The lowest BCUT2D eigenvalue weighted by atomic mass is 10.1. The van der Waals surface area contributed by atoms with E-state index in [1.807, 2.05) is 48.5 Å². The number of hydrogen-bond donors (Lipinski definition) is 0. The molecule has 30 heavy (non-hydrogen) atoms. The van der Waals surface area contributed by atoms with Crippen molar-refractivity contribution in [1.29, 1.82) is 0 Å². The molecule has 1 atom stereocenters.